The molecule has 0 saturated carbocycles. The third kappa shape index (κ3) is 8.27. The van der Waals surface area contributed by atoms with Gasteiger partial charge < -0.3 is 28.9 Å². The van der Waals surface area contributed by atoms with Gasteiger partial charge in [-0.2, -0.15) is 4.73 Å². The molecule has 13 heteroatoms. The van der Waals surface area contributed by atoms with Crippen LogP contribution < -0.4 is 23.8 Å². The van der Waals surface area contributed by atoms with Gasteiger partial charge in [-0.3, -0.25) is 9.80 Å². The molecule has 4 aromatic rings. The van der Waals surface area contributed by atoms with Crippen molar-refractivity contribution in [2.45, 2.75) is 38.0 Å². The fourth-order valence-corrected chi connectivity index (χ4v) is 7.31. The summed E-state index contributed by atoms with van der Waals surface area (Å²) in [6, 6.07) is 19.3. The highest BCUT2D eigenvalue weighted by molar-refractivity contribution is 6.35. The maximum Gasteiger partial charge on any atom is 0.415 e. The van der Waals surface area contributed by atoms with E-state index in [1.165, 1.54) is 31.5 Å². The zero-order valence-electron chi connectivity index (χ0n) is 28.6. The summed E-state index contributed by atoms with van der Waals surface area (Å²) in [5, 5.41) is 12.2. The van der Waals surface area contributed by atoms with E-state index in [4.69, 9.17) is 46.9 Å². The number of para-hydroxylation sites is 2. The van der Waals surface area contributed by atoms with Crippen LogP contribution in [0.1, 0.15) is 46.0 Å². The third-order valence-electron chi connectivity index (χ3n) is 9.42. The van der Waals surface area contributed by atoms with Gasteiger partial charge in [-0.15, -0.1) is 0 Å². The van der Waals surface area contributed by atoms with Gasteiger partial charge in [-0.05, 0) is 79.4 Å². The van der Waals surface area contributed by atoms with Crippen LogP contribution in [0.2, 0.25) is 10.0 Å². The van der Waals surface area contributed by atoms with Gasteiger partial charge in [0.1, 0.15) is 28.0 Å². The van der Waals surface area contributed by atoms with Crippen molar-refractivity contribution in [2.24, 2.45) is 5.92 Å². The summed E-state index contributed by atoms with van der Waals surface area (Å²) in [7, 11) is 4.58. The van der Waals surface area contributed by atoms with Crippen LogP contribution in [0.25, 0.3) is 0 Å². The van der Waals surface area contributed by atoms with E-state index in [2.05, 4.69) is 4.90 Å². The molecule has 51 heavy (non-hydrogen) atoms. The summed E-state index contributed by atoms with van der Waals surface area (Å²) in [6.45, 7) is 2.87. The summed E-state index contributed by atoms with van der Waals surface area (Å²) in [5.41, 5.74) is 2.48. The van der Waals surface area contributed by atoms with Gasteiger partial charge in [-0.25, -0.2) is 9.59 Å². The van der Waals surface area contributed by atoms with E-state index >= 15 is 0 Å². The van der Waals surface area contributed by atoms with Crippen molar-refractivity contribution in [1.29, 1.82) is 0 Å². The van der Waals surface area contributed by atoms with E-state index in [-0.39, 0.29) is 34.7 Å². The predicted molar refractivity (Wildman–Crippen MR) is 192 cm³/mol. The second-order valence-corrected chi connectivity index (χ2v) is 13.3. The highest BCUT2D eigenvalue weighted by atomic mass is 35.5. The minimum atomic E-state index is -0.889. The molecule has 3 aliphatic rings. The normalized spacial score (nSPS) is 18.4. The molecule has 11 nitrogen and oxygen atoms in total. The number of benzene rings is 3. The molecule has 7 rings (SSSR count). The van der Waals surface area contributed by atoms with Crippen molar-refractivity contribution < 1.29 is 38.0 Å². The SMILES string of the molecule is COc1ccc([C@H](Cc2c(Cl)c[n+]([O-])cc2Cl)OC(=O)c2cccc(CN(C(=O)O[C@H]3CN4CCC3CC4)c3ccccc3OC)c2)cc1OC. The lowest BCUT2D eigenvalue weighted by molar-refractivity contribution is -0.605. The number of hydrogen-bond acceptors (Lipinski definition) is 9. The Kier molecular flexibility index (Phi) is 11.4. The van der Waals surface area contributed by atoms with Gasteiger partial charge in [0.2, 0.25) is 0 Å². The Balaban J connectivity index is 1.27. The number of ether oxygens (including phenoxy) is 5. The molecule has 4 heterocycles. The minimum absolute atomic E-state index is 0.0619. The summed E-state index contributed by atoms with van der Waals surface area (Å²) >= 11 is 12.9. The van der Waals surface area contributed by atoms with E-state index < -0.39 is 18.2 Å². The van der Waals surface area contributed by atoms with E-state index in [1.54, 1.807) is 55.6 Å². The minimum Gasteiger partial charge on any atom is -0.619 e. The van der Waals surface area contributed by atoms with Crippen molar-refractivity contribution in [3.05, 3.63) is 117 Å². The van der Waals surface area contributed by atoms with E-state index in [1.807, 2.05) is 18.2 Å². The Labute approximate surface area is 306 Å². The van der Waals surface area contributed by atoms with Crippen LogP contribution in [0, 0.1) is 11.1 Å². The Morgan fingerprint density at radius 2 is 1.61 bits per heavy atom. The number of carbonyl (C=O) groups excluding carboxylic acids is 2. The standard InChI is InChI=1S/C38H39Cl2N3O8/c1-47-32-10-5-4-9-31(32)43(38(45)51-36-23-41-15-13-25(36)14-16-41)20-24-7-6-8-27(17-24)37(44)50-34(19-28-29(39)21-42(46)22-30(28)40)26-11-12-33(48-2)35(18-26)49-3/h4-12,17-18,21-22,25,34,36H,13-16,19-20,23H2,1-3H3/t34-,36-/m0/s1. The first-order valence-electron chi connectivity index (χ1n) is 16.6. The topological polar surface area (TPSA) is 114 Å². The molecule has 0 aliphatic carbocycles. The van der Waals surface area contributed by atoms with Crippen LogP contribution in [-0.2, 0) is 22.4 Å². The first-order chi connectivity index (χ1) is 24.7. The Morgan fingerprint density at radius 1 is 0.902 bits per heavy atom. The average Bonchev–Trinajstić information content (AvgIpc) is 3.15. The summed E-state index contributed by atoms with van der Waals surface area (Å²) in [4.78, 5) is 31.6. The van der Waals surface area contributed by atoms with E-state index in [0.29, 0.717) is 50.3 Å². The quantitative estimate of drug-likeness (QED) is 0.0860. The number of methoxy groups -OCH3 is 3. The van der Waals surface area contributed by atoms with E-state index in [0.717, 1.165) is 32.5 Å². The number of hydrogen-bond donors (Lipinski definition) is 0. The first-order valence-corrected chi connectivity index (χ1v) is 17.3. The fourth-order valence-electron chi connectivity index (χ4n) is 6.71. The smallest absolute Gasteiger partial charge is 0.415 e. The molecule has 0 spiro atoms. The maximum absolute atomic E-state index is 13.9. The average molecular weight is 737 g/mol. The molecule has 0 N–H and O–H groups in total. The number of halogens is 2. The van der Waals surface area contributed by atoms with Crippen LogP contribution >= 0.6 is 23.2 Å². The zero-order chi connectivity index (χ0) is 36.1. The van der Waals surface area contributed by atoms with Gasteiger partial charge in [0.25, 0.3) is 0 Å². The van der Waals surface area contributed by atoms with Crippen molar-refractivity contribution >= 4 is 41.0 Å². The number of nitrogens with zero attached hydrogens (tertiary/aromatic N) is 3. The lowest BCUT2D eigenvalue weighted by atomic mass is 9.86. The van der Waals surface area contributed by atoms with Gasteiger partial charge in [0.15, 0.2) is 23.9 Å². The lowest BCUT2D eigenvalue weighted by Gasteiger charge is -2.44. The Hall–Kier alpha value is -4.71. The van der Waals surface area contributed by atoms with Crippen LogP contribution in [0.4, 0.5) is 10.5 Å². The molecular weight excluding hydrogens is 697 g/mol. The van der Waals surface area contributed by atoms with E-state index in [9.17, 15) is 14.8 Å². The number of pyridine rings is 1. The number of fused-ring (bicyclic) bond motifs is 3. The second-order valence-electron chi connectivity index (χ2n) is 12.5. The molecule has 0 radical (unpaired) electrons. The van der Waals surface area contributed by atoms with Gasteiger partial charge in [0.05, 0.1) is 39.1 Å². The second kappa shape index (κ2) is 16.1. The van der Waals surface area contributed by atoms with Crippen molar-refractivity contribution in [1.82, 2.24) is 4.90 Å². The van der Waals surface area contributed by atoms with Crippen molar-refractivity contribution in [3.8, 4) is 17.2 Å². The first kappa shape index (κ1) is 36.1. The molecule has 0 unspecified atom stereocenters. The maximum atomic E-state index is 13.9. The lowest BCUT2D eigenvalue weighted by Crippen LogP contribution is -2.53. The highest BCUT2D eigenvalue weighted by Gasteiger charge is 2.38. The van der Waals surface area contributed by atoms with Crippen LogP contribution in [-0.4, -0.2) is 64.0 Å². The molecule has 3 aliphatic heterocycles. The molecule has 3 fully saturated rings. The molecular formula is C38H39Cl2N3O8. The monoisotopic (exact) mass is 735 g/mol. The van der Waals surface area contributed by atoms with Crippen molar-refractivity contribution in [2.75, 3.05) is 45.9 Å². The number of carbonyl (C=O) groups is 2. The Morgan fingerprint density at radius 3 is 2.27 bits per heavy atom. The van der Waals surface area contributed by atoms with Crippen LogP contribution in [0.15, 0.2) is 79.1 Å². The number of anilines is 1. The number of piperidine rings is 3. The summed E-state index contributed by atoms with van der Waals surface area (Å²) in [6.07, 6.45) is 2.87. The highest BCUT2D eigenvalue weighted by Crippen LogP contribution is 2.36. The third-order valence-corrected chi connectivity index (χ3v) is 10.1. The predicted octanol–water partition coefficient (Wildman–Crippen LogP) is 7.03. The van der Waals surface area contributed by atoms with Gasteiger partial charge in [-0.1, -0.05) is 53.5 Å². The van der Waals surface area contributed by atoms with Gasteiger partial charge >= 0.3 is 12.1 Å². The molecule has 3 aromatic carbocycles. The largest absolute Gasteiger partial charge is 0.619 e. The zero-order valence-corrected chi connectivity index (χ0v) is 30.1. The number of aromatic nitrogens is 1. The molecule has 1 amide bonds. The Bertz CT molecular complexity index is 1860. The van der Waals surface area contributed by atoms with Crippen molar-refractivity contribution in [3.63, 3.8) is 0 Å². The molecule has 2 bridgehead atoms. The summed E-state index contributed by atoms with van der Waals surface area (Å²) in [5.74, 6) is 1.14. The molecule has 1 aromatic heterocycles. The fraction of sp³-hybridized carbons (Fsp3) is 0.342. The van der Waals surface area contributed by atoms with Gasteiger partial charge in [0, 0.05) is 18.5 Å². The molecule has 3 saturated heterocycles. The van der Waals surface area contributed by atoms with Crippen LogP contribution in [0.5, 0.6) is 17.2 Å². The molecule has 2 atom stereocenters. The summed E-state index contributed by atoms with van der Waals surface area (Å²) < 4.78 is 29.3. The number of esters is 1. The number of amides is 1. The number of rotatable bonds is 12. The molecule has 268 valence electrons. The van der Waals surface area contributed by atoms with Crippen LogP contribution in [0.3, 0.4) is 0 Å².